The Bertz CT molecular complexity index is 1080. The second-order valence-corrected chi connectivity index (χ2v) is 7.67. The number of allylic oxidation sites excluding steroid dienone is 1. The highest BCUT2D eigenvalue weighted by Crippen LogP contribution is 2.29. The van der Waals surface area contributed by atoms with Gasteiger partial charge in [0.15, 0.2) is 11.0 Å². The van der Waals surface area contributed by atoms with Crippen molar-refractivity contribution in [3.8, 4) is 11.4 Å². The molecule has 3 aromatic rings. The summed E-state index contributed by atoms with van der Waals surface area (Å²) < 4.78 is 6.81. The standard InChI is InChI=1S/C22H21ClN4O3S/c1-3-13-27-20(17-7-5-6-8-18(17)23)25-26-22(27)31-14-19(28)24-16-11-9-15(10-12-16)21(29)30-4-2/h3,5-12H,1,4,13-14H2,2H3,(H,24,28). The summed E-state index contributed by atoms with van der Waals surface area (Å²) in [4.78, 5) is 24.1. The van der Waals surface area contributed by atoms with Crippen LogP contribution in [0.5, 0.6) is 0 Å². The molecule has 0 aliphatic heterocycles. The smallest absolute Gasteiger partial charge is 0.338 e. The molecule has 1 heterocycles. The van der Waals surface area contributed by atoms with Crippen LogP contribution in [0.2, 0.25) is 5.02 Å². The first-order valence-electron chi connectivity index (χ1n) is 9.52. The molecule has 0 fully saturated rings. The molecular weight excluding hydrogens is 436 g/mol. The van der Waals surface area contributed by atoms with E-state index >= 15 is 0 Å². The van der Waals surface area contributed by atoms with Gasteiger partial charge in [0.25, 0.3) is 0 Å². The van der Waals surface area contributed by atoms with Crippen molar-refractivity contribution in [3.63, 3.8) is 0 Å². The normalized spacial score (nSPS) is 10.5. The summed E-state index contributed by atoms with van der Waals surface area (Å²) in [5.41, 5.74) is 1.78. The Kier molecular flexibility index (Phi) is 7.86. The summed E-state index contributed by atoms with van der Waals surface area (Å²) >= 11 is 7.56. The highest BCUT2D eigenvalue weighted by Gasteiger charge is 2.17. The highest BCUT2D eigenvalue weighted by atomic mass is 35.5. The lowest BCUT2D eigenvalue weighted by atomic mass is 10.2. The maximum absolute atomic E-state index is 12.4. The number of ether oxygens (including phenoxy) is 1. The van der Waals surface area contributed by atoms with Crippen molar-refractivity contribution < 1.29 is 14.3 Å². The van der Waals surface area contributed by atoms with Gasteiger partial charge in [-0.2, -0.15) is 0 Å². The van der Waals surface area contributed by atoms with Crippen molar-refractivity contribution in [1.29, 1.82) is 0 Å². The van der Waals surface area contributed by atoms with Gasteiger partial charge in [0.2, 0.25) is 5.91 Å². The average Bonchev–Trinajstić information content (AvgIpc) is 3.16. The van der Waals surface area contributed by atoms with E-state index in [2.05, 4.69) is 22.1 Å². The number of nitrogens with one attached hydrogen (secondary N) is 1. The number of nitrogens with zero attached hydrogens (tertiary/aromatic N) is 3. The molecule has 0 atom stereocenters. The second kappa shape index (κ2) is 10.8. The van der Waals surface area contributed by atoms with Gasteiger partial charge in [0.05, 0.1) is 22.9 Å². The molecule has 0 saturated heterocycles. The molecule has 0 aliphatic rings. The molecule has 0 unspecified atom stereocenters. The predicted octanol–water partition coefficient (Wildman–Crippen LogP) is 4.69. The minimum Gasteiger partial charge on any atom is -0.462 e. The average molecular weight is 457 g/mol. The molecule has 1 amide bonds. The molecule has 0 aliphatic carbocycles. The number of amides is 1. The highest BCUT2D eigenvalue weighted by molar-refractivity contribution is 7.99. The first-order chi connectivity index (χ1) is 15.0. The van der Waals surface area contributed by atoms with Gasteiger partial charge in [-0.25, -0.2) is 4.79 Å². The van der Waals surface area contributed by atoms with E-state index in [0.29, 0.717) is 40.4 Å². The molecule has 0 radical (unpaired) electrons. The zero-order chi connectivity index (χ0) is 22.2. The molecule has 0 bridgehead atoms. The minimum atomic E-state index is -0.396. The summed E-state index contributed by atoms with van der Waals surface area (Å²) in [5, 5.41) is 12.4. The van der Waals surface area contributed by atoms with Gasteiger partial charge in [-0.1, -0.05) is 41.6 Å². The van der Waals surface area contributed by atoms with Crippen LogP contribution in [0, 0.1) is 0 Å². The lowest BCUT2D eigenvalue weighted by molar-refractivity contribution is -0.113. The van der Waals surface area contributed by atoms with Crippen LogP contribution in [0.4, 0.5) is 5.69 Å². The number of carbonyl (C=O) groups excluding carboxylic acids is 2. The zero-order valence-electron chi connectivity index (χ0n) is 16.9. The van der Waals surface area contributed by atoms with Crippen LogP contribution >= 0.6 is 23.4 Å². The molecule has 1 N–H and O–H groups in total. The Morgan fingerprint density at radius 3 is 2.61 bits per heavy atom. The van der Waals surface area contributed by atoms with E-state index in [1.807, 2.05) is 22.8 Å². The predicted molar refractivity (Wildman–Crippen MR) is 122 cm³/mol. The van der Waals surface area contributed by atoms with Crippen molar-refractivity contribution in [3.05, 3.63) is 71.8 Å². The topological polar surface area (TPSA) is 86.1 Å². The summed E-state index contributed by atoms with van der Waals surface area (Å²) in [7, 11) is 0. The third-order valence-corrected chi connectivity index (χ3v) is 5.45. The van der Waals surface area contributed by atoms with E-state index in [4.69, 9.17) is 16.3 Å². The molecule has 1 aromatic heterocycles. The van der Waals surface area contributed by atoms with Gasteiger partial charge in [-0.15, -0.1) is 16.8 Å². The van der Waals surface area contributed by atoms with Crippen molar-refractivity contribution in [2.45, 2.75) is 18.6 Å². The number of hydrogen-bond acceptors (Lipinski definition) is 6. The van der Waals surface area contributed by atoms with Gasteiger partial charge in [-0.3, -0.25) is 9.36 Å². The first-order valence-corrected chi connectivity index (χ1v) is 10.9. The van der Waals surface area contributed by atoms with Crippen LogP contribution < -0.4 is 5.32 Å². The monoisotopic (exact) mass is 456 g/mol. The molecule has 0 saturated carbocycles. The molecule has 31 heavy (non-hydrogen) atoms. The lowest BCUT2D eigenvalue weighted by Crippen LogP contribution is -2.15. The van der Waals surface area contributed by atoms with Crippen molar-refractivity contribution in [2.24, 2.45) is 0 Å². The van der Waals surface area contributed by atoms with Gasteiger partial charge >= 0.3 is 5.97 Å². The maximum Gasteiger partial charge on any atom is 0.338 e. The number of benzene rings is 2. The van der Waals surface area contributed by atoms with Crippen molar-refractivity contribution in [2.75, 3.05) is 17.7 Å². The summed E-state index contributed by atoms with van der Waals surface area (Å²) in [6.45, 7) is 6.32. The molecule has 7 nitrogen and oxygen atoms in total. The number of carbonyl (C=O) groups is 2. The van der Waals surface area contributed by atoms with E-state index in [0.717, 1.165) is 5.56 Å². The lowest BCUT2D eigenvalue weighted by Gasteiger charge is -2.09. The third kappa shape index (κ3) is 5.74. The zero-order valence-corrected chi connectivity index (χ0v) is 18.4. The number of esters is 1. The molecule has 3 rings (SSSR count). The first kappa shape index (κ1) is 22.6. The van der Waals surface area contributed by atoms with Crippen LogP contribution in [0.15, 0.2) is 66.3 Å². The molecule has 0 spiro atoms. The fourth-order valence-corrected chi connectivity index (χ4v) is 3.73. The molecule has 2 aromatic carbocycles. The SMILES string of the molecule is C=CCn1c(SCC(=O)Nc2ccc(C(=O)OCC)cc2)nnc1-c1ccccc1Cl. The van der Waals surface area contributed by atoms with Crippen LogP contribution in [0.25, 0.3) is 11.4 Å². The van der Waals surface area contributed by atoms with E-state index in [1.165, 1.54) is 11.8 Å². The van der Waals surface area contributed by atoms with Gasteiger partial charge in [0, 0.05) is 17.8 Å². The fraction of sp³-hybridized carbons (Fsp3) is 0.182. The van der Waals surface area contributed by atoms with E-state index in [-0.39, 0.29) is 11.7 Å². The number of thioether (sulfide) groups is 1. The Morgan fingerprint density at radius 1 is 1.19 bits per heavy atom. The molecular formula is C22H21ClN4O3S. The third-order valence-electron chi connectivity index (χ3n) is 4.16. The van der Waals surface area contributed by atoms with Crippen LogP contribution in [-0.4, -0.2) is 39.0 Å². The largest absolute Gasteiger partial charge is 0.462 e. The van der Waals surface area contributed by atoms with Crippen molar-refractivity contribution in [1.82, 2.24) is 14.8 Å². The van der Waals surface area contributed by atoms with Crippen molar-refractivity contribution >= 4 is 40.9 Å². The van der Waals surface area contributed by atoms with Gasteiger partial charge in [0.1, 0.15) is 0 Å². The number of halogens is 1. The Hall–Kier alpha value is -3.10. The fourth-order valence-electron chi connectivity index (χ4n) is 2.76. The Morgan fingerprint density at radius 2 is 1.94 bits per heavy atom. The van der Waals surface area contributed by atoms with Gasteiger partial charge in [-0.05, 0) is 43.3 Å². The van der Waals surface area contributed by atoms with Crippen LogP contribution in [0.3, 0.4) is 0 Å². The van der Waals surface area contributed by atoms with Crippen LogP contribution in [-0.2, 0) is 16.1 Å². The van der Waals surface area contributed by atoms with E-state index < -0.39 is 5.97 Å². The molecule has 9 heteroatoms. The van der Waals surface area contributed by atoms with Crippen LogP contribution in [0.1, 0.15) is 17.3 Å². The number of hydrogen-bond donors (Lipinski definition) is 1. The summed E-state index contributed by atoms with van der Waals surface area (Å²) in [6.07, 6.45) is 1.74. The second-order valence-electron chi connectivity index (χ2n) is 6.32. The number of aromatic nitrogens is 3. The minimum absolute atomic E-state index is 0.136. The van der Waals surface area contributed by atoms with E-state index in [1.54, 1.807) is 43.3 Å². The maximum atomic E-state index is 12.4. The Labute approximate surface area is 189 Å². The number of anilines is 1. The summed E-state index contributed by atoms with van der Waals surface area (Å²) in [5.74, 6) is 0.147. The number of rotatable bonds is 9. The van der Waals surface area contributed by atoms with Gasteiger partial charge < -0.3 is 10.1 Å². The Balaban J connectivity index is 1.66. The summed E-state index contributed by atoms with van der Waals surface area (Å²) in [6, 6.07) is 13.9. The quantitative estimate of drug-likeness (QED) is 0.285. The van der Waals surface area contributed by atoms with E-state index in [9.17, 15) is 9.59 Å². The molecule has 160 valence electrons.